The molecule has 1 fully saturated rings. The summed E-state index contributed by atoms with van der Waals surface area (Å²) in [6, 6.07) is 6.57. The van der Waals surface area contributed by atoms with E-state index >= 15 is 0 Å². The summed E-state index contributed by atoms with van der Waals surface area (Å²) in [7, 11) is -2.03. The molecule has 0 heterocycles. The second-order valence-electron chi connectivity index (χ2n) is 7.23. The van der Waals surface area contributed by atoms with Crippen LogP contribution in [0.4, 0.5) is 0 Å². The maximum Gasteiger partial charge on any atom is 0.254 e. The molecule has 1 aromatic carbocycles. The summed E-state index contributed by atoms with van der Waals surface area (Å²) in [5.74, 6) is 0.309. The van der Waals surface area contributed by atoms with E-state index in [0.717, 1.165) is 12.8 Å². The summed E-state index contributed by atoms with van der Waals surface area (Å²) in [6.45, 7) is 8.52. The number of carbonyl (C=O) groups excluding carboxylic acids is 1. The van der Waals surface area contributed by atoms with E-state index in [4.69, 9.17) is 0 Å². The number of rotatable bonds is 7. The van der Waals surface area contributed by atoms with Crippen molar-refractivity contribution in [3.8, 4) is 0 Å². The first-order chi connectivity index (χ1) is 11.1. The van der Waals surface area contributed by atoms with Crippen molar-refractivity contribution in [2.75, 3.05) is 13.6 Å². The van der Waals surface area contributed by atoms with E-state index in [2.05, 4.69) is 13.8 Å². The van der Waals surface area contributed by atoms with Crippen molar-refractivity contribution in [1.29, 1.82) is 0 Å². The van der Waals surface area contributed by atoms with E-state index in [1.165, 1.54) is 10.4 Å². The average Bonchev–Trinajstić information content (AvgIpc) is 3.35. The molecule has 0 aliphatic heterocycles. The Morgan fingerprint density at radius 1 is 1.21 bits per heavy atom. The van der Waals surface area contributed by atoms with Crippen LogP contribution >= 0.6 is 0 Å². The van der Waals surface area contributed by atoms with Crippen LogP contribution in [0.5, 0.6) is 0 Å². The third kappa shape index (κ3) is 4.16. The van der Waals surface area contributed by atoms with E-state index in [0.29, 0.717) is 24.1 Å². The van der Waals surface area contributed by atoms with Crippen molar-refractivity contribution in [3.05, 3.63) is 29.8 Å². The van der Waals surface area contributed by atoms with Crippen LogP contribution in [0.15, 0.2) is 29.2 Å². The number of benzene rings is 1. The van der Waals surface area contributed by atoms with Crippen LogP contribution in [0, 0.1) is 5.92 Å². The topological polar surface area (TPSA) is 57.7 Å². The fraction of sp³-hybridized carbons (Fsp3) is 0.611. The Kier molecular flexibility index (Phi) is 5.71. The molecule has 0 bridgehead atoms. The van der Waals surface area contributed by atoms with Gasteiger partial charge in [-0.3, -0.25) is 4.79 Å². The number of nitrogens with zero attached hydrogens (tertiary/aromatic N) is 2. The van der Waals surface area contributed by atoms with Crippen LogP contribution in [-0.2, 0) is 10.0 Å². The molecule has 1 aromatic rings. The highest BCUT2D eigenvalue weighted by Crippen LogP contribution is 2.29. The third-order valence-corrected chi connectivity index (χ3v) is 6.33. The molecule has 1 saturated carbocycles. The SMILES string of the molecule is CC(C)CN(C(=O)c1cccc(S(=O)(=O)N(C)C(C)C)c1)C1CC1. The number of sulfonamides is 1. The summed E-state index contributed by atoms with van der Waals surface area (Å²) >= 11 is 0. The zero-order valence-corrected chi connectivity index (χ0v) is 16.0. The Balaban J connectivity index is 2.31. The van der Waals surface area contributed by atoms with Crippen LogP contribution in [0.3, 0.4) is 0 Å². The molecule has 0 saturated heterocycles. The van der Waals surface area contributed by atoms with E-state index in [9.17, 15) is 13.2 Å². The molecule has 1 aliphatic rings. The van der Waals surface area contributed by atoms with Crippen LogP contribution in [0.25, 0.3) is 0 Å². The lowest BCUT2D eigenvalue weighted by atomic mass is 10.1. The minimum Gasteiger partial charge on any atom is -0.335 e. The van der Waals surface area contributed by atoms with Gasteiger partial charge in [-0.15, -0.1) is 0 Å². The van der Waals surface area contributed by atoms with E-state index in [1.807, 2.05) is 18.7 Å². The molecule has 0 radical (unpaired) electrons. The van der Waals surface area contributed by atoms with Crippen molar-refractivity contribution in [2.45, 2.75) is 57.5 Å². The van der Waals surface area contributed by atoms with Crippen LogP contribution in [0.1, 0.15) is 50.9 Å². The first-order valence-electron chi connectivity index (χ1n) is 8.53. The van der Waals surface area contributed by atoms with E-state index in [1.54, 1.807) is 25.2 Å². The molecule has 1 aliphatic carbocycles. The summed E-state index contributed by atoms with van der Waals surface area (Å²) in [5.41, 5.74) is 0.445. The molecule has 1 amide bonds. The van der Waals surface area contributed by atoms with Crippen molar-refractivity contribution in [2.24, 2.45) is 5.92 Å². The van der Waals surface area contributed by atoms with Crippen molar-refractivity contribution >= 4 is 15.9 Å². The fourth-order valence-corrected chi connectivity index (χ4v) is 3.99. The normalized spacial score (nSPS) is 15.3. The van der Waals surface area contributed by atoms with Gasteiger partial charge in [-0.2, -0.15) is 4.31 Å². The first kappa shape index (κ1) is 18.9. The van der Waals surface area contributed by atoms with Gasteiger partial charge in [0.25, 0.3) is 5.91 Å². The van der Waals surface area contributed by atoms with Crippen molar-refractivity contribution in [1.82, 2.24) is 9.21 Å². The molecule has 0 atom stereocenters. The van der Waals surface area contributed by atoms with Gasteiger partial charge in [0, 0.05) is 31.2 Å². The van der Waals surface area contributed by atoms with Crippen molar-refractivity contribution < 1.29 is 13.2 Å². The standard InChI is InChI=1S/C18H28N2O3S/c1-13(2)12-20(16-9-10-16)18(21)15-7-6-8-17(11-15)24(22,23)19(5)14(3)4/h6-8,11,13-14,16H,9-10,12H2,1-5H3. The molecule has 2 rings (SSSR count). The van der Waals surface area contributed by atoms with Crippen LogP contribution in [-0.4, -0.2) is 49.2 Å². The second-order valence-corrected chi connectivity index (χ2v) is 9.22. The number of hydrogen-bond donors (Lipinski definition) is 0. The summed E-state index contributed by atoms with van der Waals surface area (Å²) < 4.78 is 26.6. The average molecular weight is 353 g/mol. The minimum atomic E-state index is -3.59. The Morgan fingerprint density at radius 2 is 1.83 bits per heavy atom. The highest BCUT2D eigenvalue weighted by Gasteiger charge is 2.34. The lowest BCUT2D eigenvalue weighted by Crippen LogP contribution is -2.36. The van der Waals surface area contributed by atoms with Gasteiger partial charge in [-0.25, -0.2) is 8.42 Å². The molecule has 0 unspecified atom stereocenters. The van der Waals surface area contributed by atoms with Gasteiger partial charge in [-0.05, 0) is 50.8 Å². The fourth-order valence-electron chi connectivity index (χ4n) is 2.58. The smallest absolute Gasteiger partial charge is 0.254 e. The van der Waals surface area contributed by atoms with Crippen LogP contribution < -0.4 is 0 Å². The molecule has 0 spiro atoms. The van der Waals surface area contributed by atoms with Gasteiger partial charge in [-0.1, -0.05) is 19.9 Å². The molecule has 24 heavy (non-hydrogen) atoms. The zero-order valence-electron chi connectivity index (χ0n) is 15.2. The van der Waals surface area contributed by atoms with Gasteiger partial charge in [0.15, 0.2) is 0 Å². The molecular weight excluding hydrogens is 324 g/mol. The Morgan fingerprint density at radius 3 is 2.33 bits per heavy atom. The van der Waals surface area contributed by atoms with Gasteiger partial charge >= 0.3 is 0 Å². The highest BCUT2D eigenvalue weighted by atomic mass is 32.2. The van der Waals surface area contributed by atoms with E-state index in [-0.39, 0.29) is 16.8 Å². The maximum atomic E-state index is 12.9. The maximum absolute atomic E-state index is 12.9. The Bertz CT molecular complexity index is 694. The first-order valence-corrected chi connectivity index (χ1v) is 9.97. The van der Waals surface area contributed by atoms with Crippen molar-refractivity contribution in [3.63, 3.8) is 0 Å². The minimum absolute atomic E-state index is 0.0737. The van der Waals surface area contributed by atoms with Gasteiger partial charge in [0.2, 0.25) is 10.0 Å². The number of amides is 1. The molecule has 6 heteroatoms. The highest BCUT2D eigenvalue weighted by molar-refractivity contribution is 7.89. The van der Waals surface area contributed by atoms with Crippen LogP contribution in [0.2, 0.25) is 0 Å². The van der Waals surface area contributed by atoms with Gasteiger partial charge < -0.3 is 4.90 Å². The predicted molar refractivity (Wildman–Crippen MR) is 95.4 cm³/mol. The zero-order chi connectivity index (χ0) is 18.1. The monoisotopic (exact) mass is 352 g/mol. The van der Waals surface area contributed by atoms with Gasteiger partial charge in [0.1, 0.15) is 0 Å². The van der Waals surface area contributed by atoms with E-state index < -0.39 is 10.0 Å². The summed E-state index contributed by atoms with van der Waals surface area (Å²) in [6.07, 6.45) is 2.07. The quantitative estimate of drug-likeness (QED) is 0.758. The summed E-state index contributed by atoms with van der Waals surface area (Å²) in [5, 5.41) is 0. The molecular formula is C18H28N2O3S. The Hall–Kier alpha value is -1.40. The number of hydrogen-bond acceptors (Lipinski definition) is 3. The molecule has 5 nitrogen and oxygen atoms in total. The second kappa shape index (κ2) is 7.23. The third-order valence-electron chi connectivity index (χ3n) is 4.30. The molecule has 0 aromatic heterocycles. The predicted octanol–water partition coefficient (Wildman–Crippen LogP) is 2.98. The molecule has 0 N–H and O–H groups in total. The lowest BCUT2D eigenvalue weighted by Gasteiger charge is -2.25. The number of carbonyl (C=O) groups is 1. The summed E-state index contributed by atoms with van der Waals surface area (Å²) in [4.78, 5) is 14.9. The largest absolute Gasteiger partial charge is 0.335 e. The van der Waals surface area contributed by atoms with Gasteiger partial charge in [0.05, 0.1) is 4.90 Å². The lowest BCUT2D eigenvalue weighted by molar-refractivity contribution is 0.0722. The molecule has 134 valence electrons. The Labute approximate surface area is 145 Å².